The Bertz CT molecular complexity index is 261. The van der Waals surface area contributed by atoms with E-state index in [1.54, 1.807) is 0 Å². The molecule has 0 saturated heterocycles. The van der Waals surface area contributed by atoms with Gasteiger partial charge in [0, 0.05) is 6.04 Å². The monoisotopic (exact) mass is 191 g/mol. The molecule has 0 aliphatic rings. The summed E-state index contributed by atoms with van der Waals surface area (Å²) in [5.41, 5.74) is 2.70. The summed E-state index contributed by atoms with van der Waals surface area (Å²) in [5, 5.41) is 3.52. The Kier molecular flexibility index (Phi) is 4.15. The fraction of sp³-hybridized carbons (Fsp3) is 0.538. The Balaban J connectivity index is 2.52. The topological polar surface area (TPSA) is 12.0 Å². The summed E-state index contributed by atoms with van der Waals surface area (Å²) in [6, 6.07) is 9.20. The van der Waals surface area contributed by atoms with Gasteiger partial charge < -0.3 is 5.32 Å². The second-order valence-electron chi connectivity index (χ2n) is 4.43. The van der Waals surface area contributed by atoms with Gasteiger partial charge in [-0.05, 0) is 31.9 Å². The highest BCUT2D eigenvalue weighted by Gasteiger charge is 2.04. The molecule has 1 aromatic carbocycles. The number of hydrogen-bond acceptors (Lipinski definition) is 1. The molecule has 0 aromatic heterocycles. The molecule has 1 aromatic rings. The zero-order valence-corrected chi connectivity index (χ0v) is 9.67. The molecule has 1 nitrogen and oxygen atoms in total. The van der Waals surface area contributed by atoms with Crippen LogP contribution >= 0.6 is 0 Å². The van der Waals surface area contributed by atoms with Gasteiger partial charge in [-0.3, -0.25) is 0 Å². The van der Waals surface area contributed by atoms with Crippen LogP contribution in [-0.4, -0.2) is 6.54 Å². The van der Waals surface area contributed by atoms with Gasteiger partial charge in [-0.1, -0.05) is 43.7 Å². The molecule has 0 radical (unpaired) electrons. The lowest BCUT2D eigenvalue weighted by Crippen LogP contribution is -2.23. The number of hydrogen-bond donors (Lipinski definition) is 1. The molecule has 0 amide bonds. The van der Waals surface area contributed by atoms with E-state index in [1.165, 1.54) is 11.1 Å². The van der Waals surface area contributed by atoms with Gasteiger partial charge in [-0.25, -0.2) is 0 Å². The number of benzene rings is 1. The maximum absolute atomic E-state index is 3.52. The zero-order chi connectivity index (χ0) is 10.6. The van der Waals surface area contributed by atoms with Gasteiger partial charge in [0.1, 0.15) is 0 Å². The molecule has 0 aliphatic carbocycles. The highest BCUT2D eigenvalue weighted by Crippen LogP contribution is 2.13. The Morgan fingerprint density at radius 1 is 1.07 bits per heavy atom. The summed E-state index contributed by atoms with van der Waals surface area (Å²) >= 11 is 0. The fourth-order valence-electron chi connectivity index (χ4n) is 1.39. The van der Waals surface area contributed by atoms with E-state index in [1.807, 2.05) is 0 Å². The van der Waals surface area contributed by atoms with Crippen LogP contribution in [-0.2, 0) is 0 Å². The highest BCUT2D eigenvalue weighted by molar-refractivity contribution is 5.23. The van der Waals surface area contributed by atoms with Crippen LogP contribution < -0.4 is 5.32 Å². The molecule has 0 bridgehead atoms. The first-order chi connectivity index (χ1) is 6.59. The van der Waals surface area contributed by atoms with Crippen molar-refractivity contribution >= 4 is 0 Å². The average molecular weight is 191 g/mol. The second kappa shape index (κ2) is 5.16. The van der Waals surface area contributed by atoms with E-state index in [0.717, 1.165) is 6.54 Å². The van der Waals surface area contributed by atoms with E-state index in [9.17, 15) is 0 Å². The van der Waals surface area contributed by atoms with Gasteiger partial charge in [0.25, 0.3) is 0 Å². The van der Waals surface area contributed by atoms with Crippen LogP contribution in [0.2, 0.25) is 0 Å². The maximum atomic E-state index is 3.52. The largest absolute Gasteiger partial charge is 0.310 e. The van der Waals surface area contributed by atoms with Crippen molar-refractivity contribution in [2.75, 3.05) is 6.54 Å². The van der Waals surface area contributed by atoms with Crippen LogP contribution in [0.4, 0.5) is 0 Å². The summed E-state index contributed by atoms with van der Waals surface area (Å²) in [6.45, 7) is 9.88. The first-order valence-corrected chi connectivity index (χ1v) is 5.39. The van der Waals surface area contributed by atoms with Crippen molar-refractivity contribution in [3.05, 3.63) is 35.4 Å². The van der Waals surface area contributed by atoms with E-state index in [4.69, 9.17) is 0 Å². The minimum absolute atomic E-state index is 0.456. The Labute approximate surface area is 87.5 Å². The standard InChI is InChI=1S/C13H21N/c1-10(2)9-14-12(4)13-7-5-11(3)6-8-13/h5-8,10,12,14H,9H2,1-4H3. The molecular formula is C13H21N. The van der Waals surface area contributed by atoms with Gasteiger partial charge in [-0.2, -0.15) is 0 Å². The lowest BCUT2D eigenvalue weighted by Gasteiger charge is -2.15. The normalized spacial score (nSPS) is 13.2. The smallest absolute Gasteiger partial charge is 0.0291 e. The van der Waals surface area contributed by atoms with Gasteiger partial charge in [0.05, 0.1) is 0 Å². The molecule has 1 atom stereocenters. The van der Waals surface area contributed by atoms with Gasteiger partial charge in [0.15, 0.2) is 0 Å². The van der Waals surface area contributed by atoms with Crippen LogP contribution in [0.25, 0.3) is 0 Å². The molecule has 1 N–H and O–H groups in total. The molecule has 1 heteroatoms. The molecule has 0 aliphatic heterocycles. The Morgan fingerprint density at radius 2 is 1.64 bits per heavy atom. The highest BCUT2D eigenvalue weighted by atomic mass is 14.9. The minimum atomic E-state index is 0.456. The van der Waals surface area contributed by atoms with Crippen LogP contribution in [0, 0.1) is 12.8 Å². The molecule has 1 rings (SSSR count). The predicted octanol–water partition coefficient (Wildman–Crippen LogP) is 3.30. The molecule has 0 spiro atoms. The Morgan fingerprint density at radius 3 is 2.14 bits per heavy atom. The third-order valence-corrected chi connectivity index (χ3v) is 2.41. The van der Waals surface area contributed by atoms with Crippen LogP contribution in [0.3, 0.4) is 0 Å². The summed E-state index contributed by atoms with van der Waals surface area (Å²) in [4.78, 5) is 0. The van der Waals surface area contributed by atoms with Crippen molar-refractivity contribution in [3.63, 3.8) is 0 Å². The van der Waals surface area contributed by atoms with E-state index >= 15 is 0 Å². The minimum Gasteiger partial charge on any atom is -0.310 e. The number of nitrogens with one attached hydrogen (secondary N) is 1. The lowest BCUT2D eigenvalue weighted by molar-refractivity contribution is 0.496. The van der Waals surface area contributed by atoms with E-state index in [2.05, 4.69) is 57.3 Å². The molecule has 0 heterocycles. The van der Waals surface area contributed by atoms with Crippen molar-refractivity contribution in [1.29, 1.82) is 0 Å². The van der Waals surface area contributed by atoms with Crippen LogP contribution in [0.1, 0.15) is 37.9 Å². The molecule has 0 fully saturated rings. The van der Waals surface area contributed by atoms with Gasteiger partial charge >= 0.3 is 0 Å². The SMILES string of the molecule is Cc1ccc(C(C)NCC(C)C)cc1. The van der Waals surface area contributed by atoms with Crippen molar-refractivity contribution in [2.24, 2.45) is 5.92 Å². The van der Waals surface area contributed by atoms with Crippen LogP contribution in [0.5, 0.6) is 0 Å². The number of rotatable bonds is 4. The van der Waals surface area contributed by atoms with Gasteiger partial charge in [-0.15, -0.1) is 0 Å². The molecule has 1 unspecified atom stereocenters. The van der Waals surface area contributed by atoms with Crippen molar-refractivity contribution in [2.45, 2.75) is 33.7 Å². The average Bonchev–Trinajstić information content (AvgIpc) is 2.15. The summed E-state index contributed by atoms with van der Waals surface area (Å²) in [6.07, 6.45) is 0. The van der Waals surface area contributed by atoms with Crippen molar-refractivity contribution < 1.29 is 0 Å². The number of aryl methyl sites for hydroxylation is 1. The zero-order valence-electron chi connectivity index (χ0n) is 9.67. The van der Waals surface area contributed by atoms with E-state index < -0.39 is 0 Å². The molecule has 14 heavy (non-hydrogen) atoms. The lowest BCUT2D eigenvalue weighted by atomic mass is 10.1. The van der Waals surface area contributed by atoms with Crippen LogP contribution in [0.15, 0.2) is 24.3 Å². The summed E-state index contributed by atoms with van der Waals surface area (Å²) in [7, 11) is 0. The predicted molar refractivity (Wildman–Crippen MR) is 62.4 cm³/mol. The summed E-state index contributed by atoms with van der Waals surface area (Å²) < 4.78 is 0. The van der Waals surface area contributed by atoms with E-state index in [0.29, 0.717) is 12.0 Å². The second-order valence-corrected chi connectivity index (χ2v) is 4.43. The fourth-order valence-corrected chi connectivity index (χ4v) is 1.39. The quantitative estimate of drug-likeness (QED) is 0.770. The summed E-state index contributed by atoms with van der Waals surface area (Å²) in [5.74, 6) is 0.711. The van der Waals surface area contributed by atoms with Crippen molar-refractivity contribution in [3.8, 4) is 0 Å². The Hall–Kier alpha value is -0.820. The third-order valence-electron chi connectivity index (χ3n) is 2.41. The molecule has 0 saturated carbocycles. The van der Waals surface area contributed by atoms with Crippen molar-refractivity contribution in [1.82, 2.24) is 5.32 Å². The maximum Gasteiger partial charge on any atom is 0.0291 e. The first-order valence-electron chi connectivity index (χ1n) is 5.39. The molecule has 78 valence electrons. The van der Waals surface area contributed by atoms with E-state index in [-0.39, 0.29) is 0 Å². The molecular weight excluding hydrogens is 170 g/mol. The first kappa shape index (κ1) is 11.3. The third kappa shape index (κ3) is 3.51. The van der Waals surface area contributed by atoms with Gasteiger partial charge in [0.2, 0.25) is 0 Å².